The van der Waals surface area contributed by atoms with Crippen molar-refractivity contribution in [3.63, 3.8) is 0 Å². The summed E-state index contributed by atoms with van der Waals surface area (Å²) in [4.78, 5) is 22.6. The number of pyridine rings is 1. The molecule has 1 aliphatic heterocycles. The smallest absolute Gasteiger partial charge is 0.278 e. The molecule has 3 aromatic heterocycles. The van der Waals surface area contributed by atoms with Crippen molar-refractivity contribution in [3.05, 3.63) is 51.2 Å². The van der Waals surface area contributed by atoms with Crippen LogP contribution in [0, 0.1) is 12.8 Å². The summed E-state index contributed by atoms with van der Waals surface area (Å²) in [6, 6.07) is 4.99. The van der Waals surface area contributed by atoms with Crippen molar-refractivity contribution in [1.29, 1.82) is 0 Å². The number of halogens is 3. The Morgan fingerprint density at radius 1 is 1.15 bits per heavy atom. The summed E-state index contributed by atoms with van der Waals surface area (Å²) < 4.78 is 21.5. The number of piperidine rings is 1. The molecule has 0 aliphatic carbocycles. The van der Waals surface area contributed by atoms with Crippen LogP contribution in [0.2, 0.25) is 15.1 Å². The molecule has 8 nitrogen and oxygen atoms in total. The number of hydrogen-bond acceptors (Lipinski definition) is 6. The number of aryl methyl sites for hydroxylation is 1. The number of rotatable bonds is 4. The summed E-state index contributed by atoms with van der Waals surface area (Å²) in [6.07, 6.45) is 3.49. The molecule has 4 aromatic rings. The topological polar surface area (TPSA) is 85.8 Å². The molecule has 1 aromatic carbocycles. The predicted octanol–water partition coefficient (Wildman–Crippen LogP) is 5.57. The van der Waals surface area contributed by atoms with E-state index in [1.807, 2.05) is 19.2 Å². The van der Waals surface area contributed by atoms with Crippen molar-refractivity contribution >= 4 is 46.4 Å². The van der Waals surface area contributed by atoms with Crippen molar-refractivity contribution in [2.75, 3.05) is 13.6 Å². The maximum atomic E-state index is 12.2. The Morgan fingerprint density at radius 2 is 1.94 bits per heavy atom. The van der Waals surface area contributed by atoms with E-state index in [0.717, 1.165) is 5.56 Å². The van der Waals surface area contributed by atoms with E-state index in [4.69, 9.17) is 45.4 Å². The number of carbonyl (C=O) groups excluding carboxylic acids is 1. The molecule has 1 amide bonds. The lowest BCUT2D eigenvalue weighted by Gasteiger charge is -2.33. The SMILES string of the molecule is [2H]C1(C)C[C@H](Oc2cc(Cl)c(-c3noc(-c4cn5cc(C)cc(Cl)c5n4)n3)cc2Cl)CN(C)C1=O. The van der Waals surface area contributed by atoms with Crippen molar-refractivity contribution in [2.45, 2.75) is 26.4 Å². The Hall–Kier alpha value is -2.81. The number of amides is 1. The predicted molar refractivity (Wildman–Crippen MR) is 130 cm³/mol. The standard InChI is InChI=1S/C23H20Cl3N5O3/c1-11-4-17(26)21-27-18(10-31(21)8-11)22-28-20(29-34-22)14-6-16(25)19(7-15(14)24)33-13-5-12(2)23(32)30(3)9-13/h4,6-8,10,12-13H,5,9H2,1-3H3/t12?,13-/m0/s1/i12D. The van der Waals surface area contributed by atoms with E-state index in [9.17, 15) is 4.79 Å². The second kappa shape index (κ2) is 8.76. The average molecular weight is 522 g/mol. The first kappa shape index (κ1) is 21.7. The van der Waals surface area contributed by atoms with E-state index in [0.29, 0.717) is 39.2 Å². The molecule has 1 fully saturated rings. The van der Waals surface area contributed by atoms with Crippen LogP contribution in [0.5, 0.6) is 5.75 Å². The number of benzene rings is 1. The molecule has 2 atom stereocenters. The number of ether oxygens (including phenoxy) is 1. The molecule has 1 saturated heterocycles. The van der Waals surface area contributed by atoms with E-state index in [1.165, 1.54) is 4.90 Å². The summed E-state index contributed by atoms with van der Waals surface area (Å²) in [7, 11) is 1.65. The second-order valence-corrected chi connectivity index (χ2v) is 9.54. The van der Waals surface area contributed by atoms with Gasteiger partial charge in [-0.25, -0.2) is 4.98 Å². The van der Waals surface area contributed by atoms with E-state index in [1.54, 1.807) is 36.7 Å². The summed E-state index contributed by atoms with van der Waals surface area (Å²) in [6.45, 7) is 3.86. The first-order valence-corrected chi connectivity index (χ1v) is 11.6. The summed E-state index contributed by atoms with van der Waals surface area (Å²) >= 11 is 19.3. The maximum Gasteiger partial charge on any atom is 0.278 e. The van der Waals surface area contributed by atoms with Gasteiger partial charge >= 0.3 is 0 Å². The number of likely N-dealkylation sites (N-methyl/N-ethyl adjacent to an activating group) is 1. The molecule has 1 unspecified atom stereocenters. The molecule has 0 N–H and O–H groups in total. The third-order valence-electron chi connectivity index (χ3n) is 5.57. The van der Waals surface area contributed by atoms with Crippen LogP contribution < -0.4 is 4.74 Å². The molecule has 11 heteroatoms. The van der Waals surface area contributed by atoms with E-state index in [-0.39, 0.29) is 29.1 Å². The molecule has 1 aliphatic rings. The van der Waals surface area contributed by atoms with Crippen LogP contribution in [-0.4, -0.2) is 50.0 Å². The van der Waals surface area contributed by atoms with Gasteiger partial charge in [0.1, 0.15) is 17.5 Å². The normalized spacial score (nSPS) is 21.2. The lowest BCUT2D eigenvalue weighted by Crippen LogP contribution is -2.46. The fourth-order valence-corrected chi connectivity index (χ4v) is 4.74. The number of nitrogens with zero attached hydrogens (tertiary/aromatic N) is 5. The fourth-order valence-electron chi connectivity index (χ4n) is 3.99. The zero-order valence-electron chi connectivity index (χ0n) is 19.5. The van der Waals surface area contributed by atoms with Crippen molar-refractivity contribution < 1.29 is 15.4 Å². The van der Waals surface area contributed by atoms with E-state index in [2.05, 4.69) is 15.1 Å². The minimum absolute atomic E-state index is 0.203. The summed E-state index contributed by atoms with van der Waals surface area (Å²) in [5.74, 6) is -0.727. The van der Waals surface area contributed by atoms with Gasteiger partial charge in [-0.2, -0.15) is 4.98 Å². The van der Waals surface area contributed by atoms with Gasteiger partial charge in [0.2, 0.25) is 11.7 Å². The van der Waals surface area contributed by atoms with Gasteiger partial charge < -0.3 is 18.6 Å². The van der Waals surface area contributed by atoms with Gasteiger partial charge in [0.15, 0.2) is 5.65 Å². The number of imidazole rings is 1. The molecular weight excluding hydrogens is 501 g/mol. The van der Waals surface area contributed by atoms with E-state index < -0.39 is 12.0 Å². The quantitative estimate of drug-likeness (QED) is 0.349. The van der Waals surface area contributed by atoms with Crippen molar-refractivity contribution in [2.24, 2.45) is 5.89 Å². The van der Waals surface area contributed by atoms with Crippen LogP contribution in [0.1, 0.15) is 20.3 Å². The van der Waals surface area contributed by atoms with Gasteiger partial charge in [-0.05, 0) is 31.0 Å². The highest BCUT2D eigenvalue weighted by Crippen LogP contribution is 2.37. The van der Waals surface area contributed by atoms with Crippen LogP contribution in [0.3, 0.4) is 0 Å². The van der Waals surface area contributed by atoms with Gasteiger partial charge in [-0.3, -0.25) is 4.79 Å². The Bertz CT molecular complexity index is 1470. The lowest BCUT2D eigenvalue weighted by atomic mass is 9.97. The molecule has 0 radical (unpaired) electrons. The summed E-state index contributed by atoms with van der Waals surface area (Å²) in [5, 5.41) is 5.14. The Labute approximate surface area is 211 Å². The second-order valence-electron chi connectivity index (χ2n) is 8.32. The highest BCUT2D eigenvalue weighted by Gasteiger charge is 2.31. The number of fused-ring (bicyclic) bond motifs is 1. The van der Waals surface area contributed by atoms with Crippen LogP contribution in [0.4, 0.5) is 0 Å². The van der Waals surface area contributed by atoms with Gasteiger partial charge in [0.05, 0.1) is 21.6 Å². The maximum absolute atomic E-state index is 12.2. The van der Waals surface area contributed by atoms with Crippen molar-refractivity contribution in [3.8, 4) is 28.7 Å². The van der Waals surface area contributed by atoms with Gasteiger partial charge in [0, 0.05) is 38.3 Å². The molecule has 34 heavy (non-hydrogen) atoms. The third kappa shape index (κ3) is 4.21. The summed E-state index contributed by atoms with van der Waals surface area (Å²) in [5.41, 5.74) is 2.49. The zero-order chi connectivity index (χ0) is 25.1. The number of carbonyl (C=O) groups is 1. The highest BCUT2D eigenvalue weighted by molar-refractivity contribution is 6.36. The molecule has 5 rings (SSSR count). The Kier molecular flexibility index (Phi) is 5.59. The number of hydrogen-bond donors (Lipinski definition) is 0. The first-order valence-electron chi connectivity index (χ1n) is 10.9. The van der Waals surface area contributed by atoms with Crippen LogP contribution in [-0.2, 0) is 4.79 Å². The van der Waals surface area contributed by atoms with Gasteiger partial charge in [-0.1, -0.05) is 46.9 Å². The van der Waals surface area contributed by atoms with Gasteiger partial charge in [-0.15, -0.1) is 0 Å². The fraction of sp³-hybridized carbons (Fsp3) is 0.304. The zero-order valence-corrected chi connectivity index (χ0v) is 20.7. The first-order chi connectivity index (χ1) is 16.5. The van der Waals surface area contributed by atoms with Crippen molar-refractivity contribution in [1.82, 2.24) is 24.4 Å². The monoisotopic (exact) mass is 520 g/mol. The largest absolute Gasteiger partial charge is 0.487 e. The third-order valence-corrected chi connectivity index (χ3v) is 6.45. The average Bonchev–Trinajstić information content (AvgIpc) is 3.41. The Morgan fingerprint density at radius 3 is 2.71 bits per heavy atom. The van der Waals surface area contributed by atoms with Crippen LogP contribution >= 0.6 is 34.8 Å². The molecule has 0 saturated carbocycles. The highest BCUT2D eigenvalue weighted by atomic mass is 35.5. The molecule has 0 spiro atoms. The van der Waals surface area contributed by atoms with Crippen LogP contribution in [0.15, 0.2) is 35.1 Å². The Balaban J connectivity index is 1.41. The van der Waals surface area contributed by atoms with Crippen LogP contribution in [0.25, 0.3) is 28.6 Å². The molecular formula is C23H20Cl3N5O3. The molecule has 0 bridgehead atoms. The van der Waals surface area contributed by atoms with E-state index >= 15 is 0 Å². The number of aromatic nitrogens is 4. The molecule has 4 heterocycles. The molecule has 176 valence electrons. The minimum Gasteiger partial charge on any atom is -0.487 e. The lowest BCUT2D eigenvalue weighted by molar-refractivity contribution is -0.139. The number of likely N-dealkylation sites (tertiary alicyclic amines) is 1. The minimum atomic E-state index is -1.27. The van der Waals surface area contributed by atoms with Gasteiger partial charge in [0.25, 0.3) is 5.89 Å².